The fourth-order valence-electron chi connectivity index (χ4n) is 3.25. The Morgan fingerprint density at radius 3 is 2.61 bits per heavy atom. The normalized spacial score (nSPS) is 16.0. The molecule has 1 saturated heterocycles. The Kier molecular flexibility index (Phi) is 6.12. The molecular formula is C20H25N3O4S. The number of sulfonamides is 1. The summed E-state index contributed by atoms with van der Waals surface area (Å²) in [6.07, 6.45) is 5.72. The lowest BCUT2D eigenvalue weighted by atomic mass is 10.1. The standard InChI is InChI=1S/C20H25N3O4S/c1-14-6-7-17(10-19(14)28(26,27)23-8-4-3-5-9-23)22-12-18-16(13-24)11-21-15(2)20(18)25/h6-7,10-12,24-25H,3-5,8-9,13H2,1-2H3. The average Bonchev–Trinajstić information content (AvgIpc) is 2.70. The second-order valence-electron chi connectivity index (χ2n) is 6.96. The summed E-state index contributed by atoms with van der Waals surface area (Å²) in [7, 11) is -3.57. The van der Waals surface area contributed by atoms with Crippen LogP contribution in [0.2, 0.25) is 0 Å². The molecule has 1 aliphatic rings. The zero-order chi connectivity index (χ0) is 20.3. The zero-order valence-corrected chi connectivity index (χ0v) is 16.9. The van der Waals surface area contributed by atoms with Crippen LogP contribution < -0.4 is 0 Å². The third-order valence-electron chi connectivity index (χ3n) is 4.98. The summed E-state index contributed by atoms with van der Waals surface area (Å²) in [5.74, 6) is -0.0522. The monoisotopic (exact) mass is 403 g/mol. The van der Waals surface area contributed by atoms with E-state index in [0.717, 1.165) is 19.3 Å². The van der Waals surface area contributed by atoms with Crippen molar-refractivity contribution in [1.29, 1.82) is 0 Å². The predicted octanol–water partition coefficient (Wildman–Crippen LogP) is 2.82. The summed E-state index contributed by atoms with van der Waals surface area (Å²) < 4.78 is 27.6. The molecule has 1 fully saturated rings. The van der Waals surface area contributed by atoms with Crippen molar-refractivity contribution >= 4 is 21.9 Å². The highest BCUT2D eigenvalue weighted by Gasteiger charge is 2.27. The second kappa shape index (κ2) is 8.38. The van der Waals surface area contributed by atoms with Gasteiger partial charge in [0.05, 0.1) is 22.9 Å². The van der Waals surface area contributed by atoms with E-state index < -0.39 is 10.0 Å². The Hall–Kier alpha value is -2.29. The van der Waals surface area contributed by atoms with Gasteiger partial charge in [0, 0.05) is 36.6 Å². The lowest BCUT2D eigenvalue weighted by Crippen LogP contribution is -2.35. The van der Waals surface area contributed by atoms with E-state index >= 15 is 0 Å². The topological polar surface area (TPSA) is 103 Å². The SMILES string of the molecule is Cc1ccc(N=Cc2c(CO)cnc(C)c2O)cc1S(=O)(=O)N1CCCCC1. The van der Waals surface area contributed by atoms with Gasteiger partial charge in [-0.15, -0.1) is 0 Å². The molecule has 0 bridgehead atoms. The van der Waals surface area contributed by atoms with Crippen LogP contribution in [0.4, 0.5) is 5.69 Å². The number of hydrogen-bond donors (Lipinski definition) is 2. The molecule has 0 aliphatic carbocycles. The maximum absolute atomic E-state index is 13.0. The molecular weight excluding hydrogens is 378 g/mol. The highest BCUT2D eigenvalue weighted by molar-refractivity contribution is 7.89. The fraction of sp³-hybridized carbons (Fsp3) is 0.400. The summed E-state index contributed by atoms with van der Waals surface area (Å²) in [5, 5.41) is 19.7. The molecule has 1 aliphatic heterocycles. The Morgan fingerprint density at radius 1 is 1.21 bits per heavy atom. The molecule has 0 atom stereocenters. The van der Waals surface area contributed by atoms with E-state index in [4.69, 9.17) is 0 Å². The summed E-state index contributed by atoms with van der Waals surface area (Å²) in [4.78, 5) is 8.61. The van der Waals surface area contributed by atoms with Gasteiger partial charge in [-0.3, -0.25) is 9.98 Å². The van der Waals surface area contributed by atoms with Crippen molar-refractivity contribution in [2.45, 2.75) is 44.6 Å². The van der Waals surface area contributed by atoms with Crippen molar-refractivity contribution < 1.29 is 18.6 Å². The van der Waals surface area contributed by atoms with Crippen molar-refractivity contribution in [3.63, 3.8) is 0 Å². The molecule has 0 radical (unpaired) electrons. The quantitative estimate of drug-likeness (QED) is 0.747. The Bertz CT molecular complexity index is 997. The Labute approximate surface area is 165 Å². The average molecular weight is 404 g/mol. The van der Waals surface area contributed by atoms with Crippen molar-refractivity contribution in [3.8, 4) is 5.75 Å². The van der Waals surface area contributed by atoms with Gasteiger partial charge in [0.25, 0.3) is 0 Å². The number of hydrogen-bond acceptors (Lipinski definition) is 6. The van der Waals surface area contributed by atoms with Gasteiger partial charge >= 0.3 is 0 Å². The number of nitrogens with zero attached hydrogens (tertiary/aromatic N) is 3. The number of aliphatic hydroxyl groups is 1. The van der Waals surface area contributed by atoms with Crippen LogP contribution in [0.5, 0.6) is 5.75 Å². The third kappa shape index (κ3) is 4.09. The van der Waals surface area contributed by atoms with E-state index in [1.807, 2.05) is 0 Å². The molecule has 1 aromatic carbocycles. The molecule has 8 heteroatoms. The molecule has 0 spiro atoms. The summed E-state index contributed by atoms with van der Waals surface area (Å²) >= 11 is 0. The van der Waals surface area contributed by atoms with Crippen LogP contribution in [-0.2, 0) is 16.6 Å². The van der Waals surface area contributed by atoms with Gasteiger partial charge in [-0.25, -0.2) is 8.42 Å². The first-order chi connectivity index (χ1) is 13.3. The van der Waals surface area contributed by atoms with Gasteiger partial charge in [0.1, 0.15) is 5.75 Å². The van der Waals surface area contributed by atoms with Crippen LogP contribution in [0.15, 0.2) is 34.3 Å². The minimum Gasteiger partial charge on any atom is -0.505 e. The highest BCUT2D eigenvalue weighted by Crippen LogP contribution is 2.28. The zero-order valence-electron chi connectivity index (χ0n) is 16.1. The van der Waals surface area contributed by atoms with Crippen LogP contribution in [0.1, 0.15) is 41.6 Å². The van der Waals surface area contributed by atoms with Crippen LogP contribution >= 0.6 is 0 Å². The number of aliphatic hydroxyl groups excluding tert-OH is 1. The second-order valence-corrected chi connectivity index (χ2v) is 8.87. The lowest BCUT2D eigenvalue weighted by Gasteiger charge is -2.26. The van der Waals surface area contributed by atoms with Gasteiger partial charge in [-0.05, 0) is 44.4 Å². The van der Waals surface area contributed by atoms with E-state index in [1.54, 1.807) is 32.0 Å². The minimum absolute atomic E-state index is 0.0522. The van der Waals surface area contributed by atoms with Crippen LogP contribution in [-0.4, -0.2) is 47.2 Å². The fourth-order valence-corrected chi connectivity index (χ4v) is 5.01. The number of rotatable bonds is 5. The first-order valence-electron chi connectivity index (χ1n) is 9.27. The van der Waals surface area contributed by atoms with Gasteiger partial charge in [0.15, 0.2) is 0 Å². The number of aliphatic imine (C=N–C) groups is 1. The Morgan fingerprint density at radius 2 is 1.93 bits per heavy atom. The molecule has 0 amide bonds. The Balaban J connectivity index is 1.97. The van der Waals surface area contributed by atoms with E-state index in [-0.39, 0.29) is 17.3 Å². The number of aromatic nitrogens is 1. The lowest BCUT2D eigenvalue weighted by molar-refractivity contribution is 0.280. The molecule has 2 N–H and O–H groups in total. The minimum atomic E-state index is -3.57. The van der Waals surface area contributed by atoms with Crippen LogP contribution in [0.3, 0.4) is 0 Å². The summed E-state index contributed by atoms with van der Waals surface area (Å²) in [6, 6.07) is 5.01. The van der Waals surface area contributed by atoms with Gasteiger partial charge in [0.2, 0.25) is 10.0 Å². The van der Waals surface area contributed by atoms with Crippen molar-refractivity contribution in [3.05, 3.63) is 46.8 Å². The molecule has 0 saturated carbocycles. The van der Waals surface area contributed by atoms with E-state index in [9.17, 15) is 18.6 Å². The van der Waals surface area contributed by atoms with Crippen LogP contribution in [0, 0.1) is 13.8 Å². The molecule has 150 valence electrons. The third-order valence-corrected chi connectivity index (χ3v) is 7.02. The van der Waals surface area contributed by atoms with E-state index in [0.29, 0.717) is 41.2 Å². The summed E-state index contributed by atoms with van der Waals surface area (Å²) in [6.45, 7) is 4.22. The molecule has 2 heterocycles. The predicted molar refractivity (Wildman–Crippen MR) is 108 cm³/mol. The van der Waals surface area contributed by atoms with Crippen molar-refractivity contribution in [1.82, 2.24) is 9.29 Å². The first-order valence-corrected chi connectivity index (χ1v) is 10.7. The smallest absolute Gasteiger partial charge is 0.243 e. The van der Waals surface area contributed by atoms with Gasteiger partial charge in [-0.1, -0.05) is 12.5 Å². The highest BCUT2D eigenvalue weighted by atomic mass is 32.2. The van der Waals surface area contributed by atoms with Gasteiger partial charge in [-0.2, -0.15) is 4.31 Å². The number of aryl methyl sites for hydroxylation is 2. The molecule has 2 aromatic rings. The maximum atomic E-state index is 13.0. The van der Waals surface area contributed by atoms with Crippen molar-refractivity contribution in [2.24, 2.45) is 4.99 Å². The van der Waals surface area contributed by atoms with Gasteiger partial charge < -0.3 is 10.2 Å². The van der Waals surface area contributed by atoms with Crippen molar-refractivity contribution in [2.75, 3.05) is 13.1 Å². The number of benzene rings is 1. The molecule has 7 nitrogen and oxygen atoms in total. The maximum Gasteiger partial charge on any atom is 0.243 e. The van der Waals surface area contributed by atoms with E-state index in [1.165, 1.54) is 16.7 Å². The first kappa shape index (κ1) is 20.4. The molecule has 3 rings (SSSR count). The number of aromatic hydroxyl groups is 1. The number of pyridine rings is 1. The molecule has 28 heavy (non-hydrogen) atoms. The van der Waals surface area contributed by atoms with Crippen LogP contribution in [0.25, 0.3) is 0 Å². The summed E-state index contributed by atoms with van der Waals surface area (Å²) in [5.41, 5.74) is 2.37. The van der Waals surface area contributed by atoms with E-state index in [2.05, 4.69) is 9.98 Å². The number of piperidine rings is 1. The largest absolute Gasteiger partial charge is 0.505 e. The molecule has 1 aromatic heterocycles. The molecule has 0 unspecified atom stereocenters.